The largest absolute Gasteiger partial charge is 0.317 e. The molecule has 2 heteroatoms. The average Bonchev–Trinajstić information content (AvgIpc) is 3.05. The number of nitrogens with one attached hydrogen (secondary N) is 1. The van der Waals surface area contributed by atoms with Crippen molar-refractivity contribution in [2.75, 3.05) is 26.2 Å². The topological polar surface area (TPSA) is 15.3 Å². The van der Waals surface area contributed by atoms with Crippen molar-refractivity contribution in [3.05, 3.63) is 12.7 Å². The van der Waals surface area contributed by atoms with Crippen LogP contribution < -0.4 is 5.32 Å². The molecular formula is C13H26N2. The molecule has 1 fully saturated rings. The summed E-state index contributed by atoms with van der Waals surface area (Å²) in [4.78, 5) is 2.58. The van der Waals surface area contributed by atoms with E-state index in [1.54, 1.807) is 0 Å². The Kier molecular flexibility index (Phi) is 6.69. The molecule has 15 heavy (non-hydrogen) atoms. The molecule has 0 aromatic rings. The third-order valence-electron chi connectivity index (χ3n) is 2.98. The van der Waals surface area contributed by atoms with Crippen molar-refractivity contribution in [1.82, 2.24) is 10.2 Å². The number of unbranched alkanes of at least 4 members (excludes halogenated alkanes) is 2. The van der Waals surface area contributed by atoms with Gasteiger partial charge in [-0.25, -0.2) is 0 Å². The molecule has 0 atom stereocenters. The molecular weight excluding hydrogens is 184 g/mol. The van der Waals surface area contributed by atoms with E-state index >= 15 is 0 Å². The Morgan fingerprint density at radius 1 is 1.33 bits per heavy atom. The smallest absolute Gasteiger partial charge is 0.0163 e. The predicted octanol–water partition coefficient (Wildman–Crippen LogP) is 2.42. The highest BCUT2D eigenvalue weighted by Crippen LogP contribution is 2.26. The second-order valence-electron chi connectivity index (χ2n) is 4.43. The zero-order chi connectivity index (χ0) is 10.9. The minimum absolute atomic E-state index is 0.886. The minimum atomic E-state index is 0.886. The summed E-state index contributed by atoms with van der Waals surface area (Å²) in [6.07, 6.45) is 8.87. The van der Waals surface area contributed by atoms with E-state index in [9.17, 15) is 0 Å². The zero-order valence-corrected chi connectivity index (χ0v) is 10.2. The van der Waals surface area contributed by atoms with Crippen LogP contribution in [0.15, 0.2) is 12.7 Å². The van der Waals surface area contributed by atoms with Crippen molar-refractivity contribution in [3.8, 4) is 0 Å². The van der Waals surface area contributed by atoms with Gasteiger partial charge in [0.05, 0.1) is 0 Å². The Labute approximate surface area is 94.7 Å². The van der Waals surface area contributed by atoms with E-state index in [0.29, 0.717) is 0 Å². The van der Waals surface area contributed by atoms with Gasteiger partial charge in [0.15, 0.2) is 0 Å². The lowest BCUT2D eigenvalue weighted by Gasteiger charge is -2.19. The molecule has 0 unspecified atom stereocenters. The lowest BCUT2D eigenvalue weighted by molar-refractivity contribution is 0.284. The van der Waals surface area contributed by atoms with Crippen LogP contribution in [0.25, 0.3) is 0 Å². The summed E-state index contributed by atoms with van der Waals surface area (Å²) >= 11 is 0. The van der Waals surface area contributed by atoms with Crippen LogP contribution in [0.5, 0.6) is 0 Å². The fourth-order valence-electron chi connectivity index (χ4n) is 1.95. The van der Waals surface area contributed by atoms with Crippen molar-refractivity contribution in [2.24, 2.45) is 0 Å². The number of nitrogens with zero attached hydrogens (tertiary/aromatic N) is 1. The Morgan fingerprint density at radius 2 is 2.13 bits per heavy atom. The number of rotatable bonds is 10. The van der Waals surface area contributed by atoms with Crippen LogP contribution in [0.4, 0.5) is 0 Å². The Bertz CT molecular complexity index is 164. The van der Waals surface area contributed by atoms with Crippen LogP contribution in [0, 0.1) is 0 Å². The summed E-state index contributed by atoms with van der Waals surface area (Å²) in [7, 11) is 0. The molecule has 1 saturated carbocycles. The van der Waals surface area contributed by atoms with E-state index in [0.717, 1.165) is 19.1 Å². The van der Waals surface area contributed by atoms with Gasteiger partial charge < -0.3 is 5.32 Å². The van der Waals surface area contributed by atoms with Crippen LogP contribution in [0.2, 0.25) is 0 Å². The first-order valence-corrected chi connectivity index (χ1v) is 6.44. The summed E-state index contributed by atoms with van der Waals surface area (Å²) in [5.41, 5.74) is 0. The molecule has 0 bridgehead atoms. The predicted molar refractivity (Wildman–Crippen MR) is 67.2 cm³/mol. The molecule has 0 saturated heterocycles. The van der Waals surface area contributed by atoms with Gasteiger partial charge in [0.25, 0.3) is 0 Å². The number of hydrogen-bond donors (Lipinski definition) is 1. The first kappa shape index (κ1) is 12.7. The third-order valence-corrected chi connectivity index (χ3v) is 2.98. The number of hydrogen-bond acceptors (Lipinski definition) is 2. The molecule has 1 aliphatic rings. The summed E-state index contributed by atoms with van der Waals surface area (Å²) in [6.45, 7) is 10.6. The molecule has 1 rings (SSSR count). The summed E-state index contributed by atoms with van der Waals surface area (Å²) in [5.74, 6) is 0. The van der Waals surface area contributed by atoms with Gasteiger partial charge in [-0.2, -0.15) is 0 Å². The second-order valence-corrected chi connectivity index (χ2v) is 4.43. The van der Waals surface area contributed by atoms with Crippen molar-refractivity contribution in [2.45, 2.75) is 45.1 Å². The van der Waals surface area contributed by atoms with Crippen LogP contribution in [-0.4, -0.2) is 37.1 Å². The molecule has 0 aromatic heterocycles. The molecule has 88 valence electrons. The van der Waals surface area contributed by atoms with Gasteiger partial charge in [0, 0.05) is 12.6 Å². The van der Waals surface area contributed by atoms with Gasteiger partial charge in [-0.15, -0.1) is 6.58 Å². The first-order chi connectivity index (χ1) is 7.38. The fraction of sp³-hybridized carbons (Fsp3) is 0.846. The van der Waals surface area contributed by atoms with Gasteiger partial charge in [0.1, 0.15) is 0 Å². The molecule has 1 aliphatic carbocycles. The molecule has 0 radical (unpaired) electrons. The normalized spacial score (nSPS) is 15.9. The summed E-state index contributed by atoms with van der Waals surface area (Å²) < 4.78 is 0. The van der Waals surface area contributed by atoms with Crippen LogP contribution in [0.1, 0.15) is 39.0 Å². The quantitative estimate of drug-likeness (QED) is 0.440. The van der Waals surface area contributed by atoms with Crippen molar-refractivity contribution in [3.63, 3.8) is 0 Å². The van der Waals surface area contributed by atoms with E-state index in [1.807, 2.05) is 6.08 Å². The third kappa shape index (κ3) is 5.95. The minimum Gasteiger partial charge on any atom is -0.317 e. The highest BCUT2D eigenvalue weighted by atomic mass is 15.2. The van der Waals surface area contributed by atoms with E-state index in [2.05, 4.69) is 23.7 Å². The molecule has 0 amide bonds. The Morgan fingerprint density at radius 3 is 2.73 bits per heavy atom. The average molecular weight is 210 g/mol. The zero-order valence-electron chi connectivity index (χ0n) is 10.2. The maximum atomic E-state index is 3.83. The van der Waals surface area contributed by atoms with Gasteiger partial charge in [-0.3, -0.25) is 4.90 Å². The van der Waals surface area contributed by atoms with Gasteiger partial charge in [0.2, 0.25) is 0 Å². The van der Waals surface area contributed by atoms with Crippen molar-refractivity contribution in [1.29, 1.82) is 0 Å². The standard InChI is InChI=1S/C13H26N2/c1-3-11-15(13-8-9-13)12-7-5-6-10-14-4-2/h3,13-14H,1,4-12H2,2H3. The van der Waals surface area contributed by atoms with E-state index < -0.39 is 0 Å². The van der Waals surface area contributed by atoms with Crippen LogP contribution >= 0.6 is 0 Å². The van der Waals surface area contributed by atoms with Crippen LogP contribution in [0.3, 0.4) is 0 Å². The monoisotopic (exact) mass is 210 g/mol. The summed E-state index contributed by atoms with van der Waals surface area (Å²) in [5, 5.41) is 3.37. The van der Waals surface area contributed by atoms with Crippen LogP contribution in [-0.2, 0) is 0 Å². The molecule has 0 heterocycles. The van der Waals surface area contributed by atoms with Gasteiger partial charge in [-0.05, 0) is 45.3 Å². The van der Waals surface area contributed by atoms with Gasteiger partial charge in [-0.1, -0.05) is 19.4 Å². The first-order valence-electron chi connectivity index (χ1n) is 6.44. The van der Waals surface area contributed by atoms with E-state index in [-0.39, 0.29) is 0 Å². The Hall–Kier alpha value is -0.340. The maximum Gasteiger partial charge on any atom is 0.0163 e. The van der Waals surface area contributed by atoms with Gasteiger partial charge >= 0.3 is 0 Å². The Balaban J connectivity index is 1.94. The lowest BCUT2D eigenvalue weighted by Crippen LogP contribution is -2.27. The highest BCUT2D eigenvalue weighted by molar-refractivity contribution is 4.87. The molecule has 0 aromatic carbocycles. The SMILES string of the molecule is C=CCN(CCCCCNCC)C1CC1. The highest BCUT2D eigenvalue weighted by Gasteiger charge is 2.27. The van der Waals surface area contributed by atoms with Crippen molar-refractivity contribution >= 4 is 0 Å². The van der Waals surface area contributed by atoms with E-state index in [1.165, 1.54) is 45.2 Å². The second kappa shape index (κ2) is 7.89. The molecule has 1 N–H and O–H groups in total. The fourth-order valence-corrected chi connectivity index (χ4v) is 1.95. The summed E-state index contributed by atoms with van der Waals surface area (Å²) in [6, 6.07) is 0.886. The lowest BCUT2D eigenvalue weighted by atomic mass is 10.2. The molecule has 2 nitrogen and oxygen atoms in total. The van der Waals surface area contributed by atoms with Crippen molar-refractivity contribution < 1.29 is 0 Å². The maximum absolute atomic E-state index is 3.83. The molecule has 0 spiro atoms. The van der Waals surface area contributed by atoms with E-state index in [4.69, 9.17) is 0 Å². The molecule has 0 aliphatic heterocycles.